The predicted molar refractivity (Wildman–Crippen MR) is 93.1 cm³/mol. The van der Waals surface area contributed by atoms with E-state index in [-0.39, 0.29) is 5.75 Å². The topological polar surface area (TPSA) is 75.3 Å². The molecule has 1 aliphatic rings. The van der Waals surface area contributed by atoms with E-state index < -0.39 is 0 Å². The maximum absolute atomic E-state index is 9.56. The zero-order valence-electron chi connectivity index (χ0n) is 13.5. The van der Waals surface area contributed by atoms with Gasteiger partial charge in [0.15, 0.2) is 5.82 Å². The first-order chi connectivity index (χ1) is 11.7. The molecule has 1 aliphatic heterocycles. The first-order valence-electron chi connectivity index (χ1n) is 7.74. The SMILES string of the molecule is CNc1ccc2c(c1)C(c1ccc(O)cc1)=NCc1nnc(C)n1-2. The third-order valence-corrected chi connectivity index (χ3v) is 4.19. The van der Waals surface area contributed by atoms with Gasteiger partial charge in [-0.05, 0) is 49.4 Å². The van der Waals surface area contributed by atoms with E-state index in [9.17, 15) is 5.11 Å². The summed E-state index contributed by atoms with van der Waals surface area (Å²) in [6.45, 7) is 2.40. The number of aryl methyl sites for hydroxylation is 1. The van der Waals surface area contributed by atoms with E-state index in [2.05, 4.69) is 27.6 Å². The number of nitrogens with one attached hydrogen (secondary N) is 1. The van der Waals surface area contributed by atoms with Crippen LogP contribution in [0.15, 0.2) is 47.5 Å². The van der Waals surface area contributed by atoms with Crippen molar-refractivity contribution in [1.82, 2.24) is 14.8 Å². The van der Waals surface area contributed by atoms with Crippen molar-refractivity contribution in [2.45, 2.75) is 13.5 Å². The largest absolute Gasteiger partial charge is 0.508 e. The van der Waals surface area contributed by atoms with Gasteiger partial charge >= 0.3 is 0 Å². The van der Waals surface area contributed by atoms with Crippen LogP contribution in [-0.4, -0.2) is 32.6 Å². The summed E-state index contributed by atoms with van der Waals surface area (Å²) in [4.78, 5) is 4.78. The van der Waals surface area contributed by atoms with Crippen LogP contribution in [0.1, 0.15) is 22.8 Å². The summed E-state index contributed by atoms with van der Waals surface area (Å²) < 4.78 is 2.05. The van der Waals surface area contributed by atoms with Crippen molar-refractivity contribution in [3.8, 4) is 11.4 Å². The van der Waals surface area contributed by atoms with Crippen molar-refractivity contribution in [3.63, 3.8) is 0 Å². The fourth-order valence-electron chi connectivity index (χ4n) is 3.00. The van der Waals surface area contributed by atoms with Crippen LogP contribution in [-0.2, 0) is 6.54 Å². The average molecular weight is 319 g/mol. The van der Waals surface area contributed by atoms with Gasteiger partial charge in [-0.3, -0.25) is 9.56 Å². The molecule has 2 aromatic carbocycles. The second-order valence-corrected chi connectivity index (χ2v) is 5.69. The van der Waals surface area contributed by atoms with Crippen LogP contribution in [0.2, 0.25) is 0 Å². The number of anilines is 1. The molecule has 3 aromatic rings. The van der Waals surface area contributed by atoms with Crippen LogP contribution < -0.4 is 5.32 Å². The molecule has 6 nitrogen and oxygen atoms in total. The highest BCUT2D eigenvalue weighted by Crippen LogP contribution is 2.28. The van der Waals surface area contributed by atoms with Gasteiger partial charge in [0.25, 0.3) is 0 Å². The minimum Gasteiger partial charge on any atom is -0.508 e. The Labute approximate surface area is 139 Å². The number of aromatic nitrogens is 3. The van der Waals surface area contributed by atoms with Crippen LogP contribution in [0, 0.1) is 6.92 Å². The molecule has 0 aliphatic carbocycles. The van der Waals surface area contributed by atoms with Crippen LogP contribution in [0.3, 0.4) is 0 Å². The summed E-state index contributed by atoms with van der Waals surface area (Å²) in [6.07, 6.45) is 0. The highest BCUT2D eigenvalue weighted by Gasteiger charge is 2.21. The van der Waals surface area contributed by atoms with Crippen LogP contribution in [0.25, 0.3) is 5.69 Å². The van der Waals surface area contributed by atoms with E-state index in [0.717, 1.165) is 39.9 Å². The Morgan fingerprint density at radius 3 is 2.62 bits per heavy atom. The minimum absolute atomic E-state index is 0.241. The number of nitrogens with zero attached hydrogens (tertiary/aromatic N) is 4. The van der Waals surface area contributed by atoms with Gasteiger partial charge in [0.1, 0.15) is 18.1 Å². The van der Waals surface area contributed by atoms with Gasteiger partial charge in [0.2, 0.25) is 0 Å². The Bertz CT molecular complexity index is 941. The maximum atomic E-state index is 9.56. The van der Waals surface area contributed by atoms with E-state index in [4.69, 9.17) is 4.99 Å². The Balaban J connectivity index is 1.97. The summed E-state index contributed by atoms with van der Waals surface area (Å²) >= 11 is 0. The Hall–Kier alpha value is -3.15. The van der Waals surface area contributed by atoms with Crippen molar-refractivity contribution in [2.75, 3.05) is 12.4 Å². The van der Waals surface area contributed by atoms with Gasteiger partial charge in [0, 0.05) is 23.9 Å². The molecule has 6 heteroatoms. The number of phenolic OH excluding ortho intramolecular Hbond substituents is 1. The lowest BCUT2D eigenvalue weighted by molar-refractivity contribution is 0.475. The average Bonchev–Trinajstić information content (AvgIpc) is 2.88. The molecular formula is C18H17N5O. The van der Waals surface area contributed by atoms with Crippen LogP contribution in [0.5, 0.6) is 5.75 Å². The number of benzene rings is 2. The lowest BCUT2D eigenvalue weighted by Crippen LogP contribution is -2.09. The fourth-order valence-corrected chi connectivity index (χ4v) is 3.00. The minimum atomic E-state index is 0.241. The number of aliphatic imine (C=N–C) groups is 1. The number of rotatable bonds is 2. The quantitative estimate of drug-likeness (QED) is 0.761. The van der Waals surface area contributed by atoms with E-state index in [1.165, 1.54) is 0 Å². The number of hydrogen-bond donors (Lipinski definition) is 2. The lowest BCUT2D eigenvalue weighted by Gasteiger charge is -2.14. The molecule has 2 N–H and O–H groups in total. The zero-order chi connectivity index (χ0) is 16.7. The second kappa shape index (κ2) is 5.49. The third-order valence-electron chi connectivity index (χ3n) is 4.19. The van der Waals surface area contributed by atoms with E-state index in [1.807, 2.05) is 36.7 Å². The van der Waals surface area contributed by atoms with Gasteiger partial charge in [-0.2, -0.15) is 0 Å². The molecule has 24 heavy (non-hydrogen) atoms. The van der Waals surface area contributed by atoms with Crippen LogP contribution >= 0.6 is 0 Å². The monoisotopic (exact) mass is 319 g/mol. The highest BCUT2D eigenvalue weighted by atomic mass is 16.3. The fraction of sp³-hybridized carbons (Fsp3) is 0.167. The maximum Gasteiger partial charge on any atom is 0.159 e. The van der Waals surface area contributed by atoms with Gasteiger partial charge in [-0.15, -0.1) is 10.2 Å². The molecule has 120 valence electrons. The summed E-state index contributed by atoms with van der Waals surface area (Å²) in [5.41, 5.74) is 4.87. The van der Waals surface area contributed by atoms with Crippen molar-refractivity contribution in [2.24, 2.45) is 4.99 Å². The van der Waals surface area contributed by atoms with Gasteiger partial charge in [0.05, 0.1) is 11.4 Å². The molecule has 0 saturated carbocycles. The zero-order valence-corrected chi connectivity index (χ0v) is 13.5. The summed E-state index contributed by atoms with van der Waals surface area (Å²) in [7, 11) is 1.89. The summed E-state index contributed by atoms with van der Waals surface area (Å²) in [5.74, 6) is 1.90. The molecule has 0 fully saturated rings. The van der Waals surface area contributed by atoms with Crippen LogP contribution in [0.4, 0.5) is 5.69 Å². The van der Waals surface area contributed by atoms with Gasteiger partial charge in [-0.1, -0.05) is 0 Å². The molecule has 0 spiro atoms. The Kier molecular flexibility index (Phi) is 3.30. The molecule has 1 aromatic heterocycles. The van der Waals surface area contributed by atoms with Crippen molar-refractivity contribution in [1.29, 1.82) is 0 Å². The summed E-state index contributed by atoms with van der Waals surface area (Å²) in [5, 5.41) is 21.2. The van der Waals surface area contributed by atoms with Crippen molar-refractivity contribution < 1.29 is 5.11 Å². The molecule has 0 saturated heterocycles. The molecular weight excluding hydrogens is 302 g/mol. The van der Waals surface area contributed by atoms with Crippen molar-refractivity contribution >= 4 is 11.4 Å². The standard InChI is InChI=1S/C18H17N5O/c1-11-21-22-17-10-20-18(12-3-6-14(24)7-4-12)15-9-13(19-2)5-8-16(15)23(11)17/h3-9,19,24H,10H2,1-2H3. The van der Waals surface area contributed by atoms with Crippen molar-refractivity contribution in [3.05, 3.63) is 65.2 Å². The predicted octanol–water partition coefficient (Wildman–Crippen LogP) is 2.67. The molecule has 0 radical (unpaired) electrons. The number of aromatic hydroxyl groups is 1. The summed E-state index contributed by atoms with van der Waals surface area (Å²) in [6, 6.07) is 13.3. The molecule has 0 atom stereocenters. The molecule has 0 amide bonds. The van der Waals surface area contributed by atoms with E-state index in [0.29, 0.717) is 6.54 Å². The molecule has 0 unspecified atom stereocenters. The molecule has 0 bridgehead atoms. The molecule has 4 rings (SSSR count). The molecule has 2 heterocycles. The Morgan fingerprint density at radius 1 is 1.08 bits per heavy atom. The normalized spacial score (nSPS) is 12.8. The number of hydrogen-bond acceptors (Lipinski definition) is 5. The van der Waals surface area contributed by atoms with E-state index in [1.54, 1.807) is 12.1 Å². The first kappa shape index (κ1) is 14.4. The lowest BCUT2D eigenvalue weighted by atomic mass is 9.99. The second-order valence-electron chi connectivity index (χ2n) is 5.69. The Morgan fingerprint density at radius 2 is 1.88 bits per heavy atom. The number of fused-ring (bicyclic) bond motifs is 3. The highest BCUT2D eigenvalue weighted by molar-refractivity contribution is 6.15. The first-order valence-corrected chi connectivity index (χ1v) is 7.74. The smallest absolute Gasteiger partial charge is 0.159 e. The number of phenols is 1. The third kappa shape index (κ3) is 2.23. The van der Waals surface area contributed by atoms with E-state index >= 15 is 0 Å². The van der Waals surface area contributed by atoms with Gasteiger partial charge < -0.3 is 10.4 Å². The van der Waals surface area contributed by atoms with Gasteiger partial charge in [-0.25, -0.2) is 0 Å².